The predicted octanol–water partition coefficient (Wildman–Crippen LogP) is 2.61. The van der Waals surface area contributed by atoms with E-state index in [1.807, 2.05) is 6.26 Å². The van der Waals surface area contributed by atoms with Crippen LogP contribution in [-0.4, -0.2) is 33.3 Å². The normalized spacial score (nSPS) is 10.5. The summed E-state index contributed by atoms with van der Waals surface area (Å²) in [5.41, 5.74) is 0. The molecular weight excluding hydrogens is 252 g/mol. The fraction of sp³-hybridized carbons (Fsp3) is 0.625. The van der Waals surface area contributed by atoms with Crippen molar-refractivity contribution in [2.45, 2.75) is 27.9 Å². The molecule has 0 amide bonds. The molecule has 0 bridgehead atoms. The summed E-state index contributed by atoms with van der Waals surface area (Å²) in [5, 5.41) is 16.4. The molecule has 7 heteroatoms. The third-order valence-corrected chi connectivity index (χ3v) is 4.69. The van der Waals surface area contributed by atoms with Crippen molar-refractivity contribution in [3.05, 3.63) is 0 Å². The third-order valence-electron chi connectivity index (χ3n) is 1.57. The molecule has 0 fully saturated rings. The topological polar surface area (TPSA) is 63.1 Å². The van der Waals surface area contributed by atoms with Gasteiger partial charge in [-0.15, -0.1) is 10.2 Å². The van der Waals surface area contributed by atoms with Gasteiger partial charge in [0.15, 0.2) is 8.68 Å². The number of hydrogen-bond donors (Lipinski definition) is 1. The average Bonchev–Trinajstić information content (AvgIpc) is 2.65. The quantitative estimate of drug-likeness (QED) is 0.603. The van der Waals surface area contributed by atoms with Crippen molar-refractivity contribution in [1.82, 2.24) is 10.2 Å². The SMILES string of the molecule is CSc1nnc(SCCCCC(=O)O)s1. The number of aromatic nitrogens is 2. The molecule has 0 saturated carbocycles. The summed E-state index contributed by atoms with van der Waals surface area (Å²) in [6.45, 7) is 0. The van der Waals surface area contributed by atoms with Crippen molar-refractivity contribution in [2.24, 2.45) is 0 Å². The van der Waals surface area contributed by atoms with Crippen molar-refractivity contribution in [2.75, 3.05) is 12.0 Å². The standard InChI is InChI=1S/C8H12N2O2S3/c1-13-7-9-10-8(15-7)14-5-3-2-4-6(11)12/h2-5H2,1H3,(H,11,12). The van der Waals surface area contributed by atoms with Crippen molar-refractivity contribution in [1.29, 1.82) is 0 Å². The molecule has 1 aromatic heterocycles. The first-order chi connectivity index (χ1) is 7.22. The lowest BCUT2D eigenvalue weighted by Crippen LogP contribution is -1.94. The van der Waals surface area contributed by atoms with E-state index in [9.17, 15) is 4.79 Å². The highest BCUT2D eigenvalue weighted by Gasteiger charge is 2.03. The van der Waals surface area contributed by atoms with Crippen LogP contribution in [0.25, 0.3) is 0 Å². The molecule has 0 aliphatic rings. The zero-order chi connectivity index (χ0) is 11.1. The monoisotopic (exact) mass is 264 g/mol. The van der Waals surface area contributed by atoms with Gasteiger partial charge in [0, 0.05) is 12.2 Å². The maximum Gasteiger partial charge on any atom is 0.303 e. The molecule has 1 rings (SSSR count). The highest BCUT2D eigenvalue weighted by atomic mass is 32.2. The molecule has 1 heterocycles. The zero-order valence-electron chi connectivity index (χ0n) is 8.30. The van der Waals surface area contributed by atoms with Gasteiger partial charge in [0.2, 0.25) is 0 Å². The molecular formula is C8H12N2O2S3. The van der Waals surface area contributed by atoms with E-state index in [4.69, 9.17) is 5.11 Å². The first kappa shape index (κ1) is 12.8. The van der Waals surface area contributed by atoms with Crippen molar-refractivity contribution in [3.63, 3.8) is 0 Å². The van der Waals surface area contributed by atoms with Crippen LogP contribution >= 0.6 is 34.9 Å². The number of rotatable bonds is 7. The van der Waals surface area contributed by atoms with Crippen LogP contribution in [0.4, 0.5) is 0 Å². The summed E-state index contributed by atoms with van der Waals surface area (Å²) < 4.78 is 1.94. The second-order valence-corrected chi connectivity index (χ2v) is 6.11. The van der Waals surface area contributed by atoms with Gasteiger partial charge >= 0.3 is 5.97 Å². The molecule has 0 aliphatic heterocycles. The summed E-state index contributed by atoms with van der Waals surface area (Å²) in [6.07, 6.45) is 3.87. The molecule has 0 spiro atoms. The maximum absolute atomic E-state index is 10.2. The summed E-state index contributed by atoms with van der Waals surface area (Å²) in [5.74, 6) is 0.191. The Morgan fingerprint density at radius 1 is 1.40 bits per heavy atom. The van der Waals surface area contributed by atoms with E-state index in [1.165, 1.54) is 0 Å². The van der Waals surface area contributed by atoms with Gasteiger partial charge in [0.1, 0.15) is 0 Å². The van der Waals surface area contributed by atoms with Crippen LogP contribution in [0.1, 0.15) is 19.3 Å². The first-order valence-corrected chi connectivity index (χ1v) is 7.47. The lowest BCUT2D eigenvalue weighted by Gasteiger charge is -1.95. The maximum atomic E-state index is 10.2. The van der Waals surface area contributed by atoms with Crippen LogP contribution in [0.15, 0.2) is 8.68 Å². The number of hydrogen-bond acceptors (Lipinski definition) is 6. The Bertz CT molecular complexity index is 317. The van der Waals surface area contributed by atoms with Crippen LogP contribution < -0.4 is 0 Å². The minimum absolute atomic E-state index is 0.257. The van der Waals surface area contributed by atoms with E-state index in [0.29, 0.717) is 0 Å². The molecule has 15 heavy (non-hydrogen) atoms. The Hall–Kier alpha value is -0.270. The molecule has 84 valence electrons. The number of carbonyl (C=O) groups is 1. The summed E-state index contributed by atoms with van der Waals surface area (Å²) in [6, 6.07) is 0. The van der Waals surface area contributed by atoms with E-state index in [-0.39, 0.29) is 6.42 Å². The molecule has 4 nitrogen and oxygen atoms in total. The Morgan fingerprint density at radius 2 is 2.13 bits per heavy atom. The summed E-state index contributed by atoms with van der Waals surface area (Å²) >= 11 is 4.82. The van der Waals surface area contributed by atoms with Gasteiger partial charge in [0.05, 0.1) is 0 Å². The number of unbranched alkanes of at least 4 members (excludes halogenated alkanes) is 1. The highest BCUT2D eigenvalue weighted by molar-refractivity contribution is 8.02. The van der Waals surface area contributed by atoms with Gasteiger partial charge in [0.25, 0.3) is 0 Å². The zero-order valence-corrected chi connectivity index (χ0v) is 10.8. The van der Waals surface area contributed by atoms with Gasteiger partial charge in [-0.25, -0.2) is 0 Å². The van der Waals surface area contributed by atoms with E-state index in [0.717, 1.165) is 27.3 Å². The van der Waals surface area contributed by atoms with E-state index < -0.39 is 5.97 Å². The van der Waals surface area contributed by atoms with Crippen LogP contribution in [-0.2, 0) is 4.79 Å². The molecule has 1 aromatic rings. The molecule has 0 aromatic carbocycles. The Balaban J connectivity index is 2.12. The van der Waals surface area contributed by atoms with Crippen LogP contribution in [0.2, 0.25) is 0 Å². The molecule has 0 unspecified atom stereocenters. The minimum Gasteiger partial charge on any atom is -0.481 e. The predicted molar refractivity (Wildman–Crippen MR) is 63.9 cm³/mol. The molecule has 0 saturated heterocycles. The fourth-order valence-electron chi connectivity index (χ4n) is 0.876. The number of carboxylic acids is 1. The molecule has 0 aliphatic carbocycles. The van der Waals surface area contributed by atoms with Crippen LogP contribution in [0.5, 0.6) is 0 Å². The number of carboxylic acid groups (broad SMARTS) is 1. The van der Waals surface area contributed by atoms with Gasteiger partial charge in [-0.2, -0.15) is 0 Å². The largest absolute Gasteiger partial charge is 0.481 e. The second kappa shape index (κ2) is 7.08. The van der Waals surface area contributed by atoms with E-state index >= 15 is 0 Å². The minimum atomic E-state index is -0.722. The number of aliphatic carboxylic acids is 1. The number of thioether (sulfide) groups is 2. The average molecular weight is 264 g/mol. The van der Waals surface area contributed by atoms with Crippen LogP contribution in [0, 0.1) is 0 Å². The van der Waals surface area contributed by atoms with Gasteiger partial charge in [-0.1, -0.05) is 34.9 Å². The first-order valence-electron chi connectivity index (χ1n) is 4.44. The summed E-state index contributed by atoms with van der Waals surface area (Å²) in [7, 11) is 0. The molecule has 0 atom stereocenters. The Morgan fingerprint density at radius 3 is 2.73 bits per heavy atom. The van der Waals surface area contributed by atoms with Gasteiger partial charge in [-0.3, -0.25) is 4.79 Å². The van der Waals surface area contributed by atoms with Gasteiger partial charge in [-0.05, 0) is 19.1 Å². The third kappa shape index (κ3) is 5.39. The Labute approximate surface area is 101 Å². The number of nitrogens with zero attached hydrogens (tertiary/aromatic N) is 2. The summed E-state index contributed by atoms with van der Waals surface area (Å²) in [4.78, 5) is 10.2. The van der Waals surface area contributed by atoms with E-state index in [2.05, 4.69) is 10.2 Å². The van der Waals surface area contributed by atoms with Crippen molar-refractivity contribution >= 4 is 40.8 Å². The smallest absolute Gasteiger partial charge is 0.303 e. The van der Waals surface area contributed by atoms with Crippen molar-refractivity contribution in [3.8, 4) is 0 Å². The molecule has 0 radical (unpaired) electrons. The second-order valence-electron chi connectivity index (χ2n) is 2.74. The van der Waals surface area contributed by atoms with Crippen molar-refractivity contribution < 1.29 is 9.90 Å². The lowest BCUT2D eigenvalue weighted by atomic mass is 10.3. The van der Waals surface area contributed by atoms with Gasteiger partial charge < -0.3 is 5.11 Å². The van der Waals surface area contributed by atoms with E-state index in [1.54, 1.807) is 34.9 Å². The van der Waals surface area contributed by atoms with Crippen LogP contribution in [0.3, 0.4) is 0 Å². The Kier molecular flexibility index (Phi) is 6.04. The highest BCUT2D eigenvalue weighted by Crippen LogP contribution is 2.27. The molecule has 1 N–H and O–H groups in total. The lowest BCUT2D eigenvalue weighted by molar-refractivity contribution is -0.137. The fourth-order valence-corrected chi connectivity index (χ4v) is 3.38.